The van der Waals surface area contributed by atoms with E-state index in [4.69, 9.17) is 4.74 Å². The fourth-order valence-corrected chi connectivity index (χ4v) is 1.93. The van der Waals surface area contributed by atoms with Crippen molar-refractivity contribution in [2.45, 2.75) is 38.5 Å². The van der Waals surface area contributed by atoms with Crippen LogP contribution in [0.4, 0.5) is 8.78 Å². The van der Waals surface area contributed by atoms with Gasteiger partial charge in [-0.3, -0.25) is 0 Å². The van der Waals surface area contributed by atoms with Crippen LogP contribution in [-0.2, 0) is 4.74 Å². The smallest absolute Gasteiger partial charge is 0.159 e. The van der Waals surface area contributed by atoms with Gasteiger partial charge in [-0.15, -0.1) is 0 Å². The van der Waals surface area contributed by atoms with E-state index in [1.165, 1.54) is 6.07 Å². The van der Waals surface area contributed by atoms with Gasteiger partial charge < -0.3 is 15.2 Å². The van der Waals surface area contributed by atoms with Gasteiger partial charge in [-0.05, 0) is 31.0 Å². The Balaban J connectivity index is 2.69. The summed E-state index contributed by atoms with van der Waals surface area (Å²) in [5.41, 5.74) is 0.353. The fourth-order valence-electron chi connectivity index (χ4n) is 1.93. The van der Waals surface area contributed by atoms with Gasteiger partial charge in [-0.25, -0.2) is 8.78 Å². The summed E-state index contributed by atoms with van der Waals surface area (Å²) >= 11 is 0. The van der Waals surface area contributed by atoms with Crippen LogP contribution in [0.1, 0.15) is 31.9 Å². The first kappa shape index (κ1) is 16.0. The number of halogens is 2. The number of methoxy groups -OCH3 is 1. The van der Waals surface area contributed by atoms with Crippen molar-refractivity contribution in [1.29, 1.82) is 0 Å². The lowest BCUT2D eigenvalue weighted by Gasteiger charge is -2.26. The summed E-state index contributed by atoms with van der Waals surface area (Å²) in [5.74, 6) is -1.87. The predicted molar refractivity (Wildman–Crippen MR) is 69.9 cm³/mol. The second kappa shape index (κ2) is 7.53. The summed E-state index contributed by atoms with van der Waals surface area (Å²) < 4.78 is 31.0. The van der Waals surface area contributed by atoms with Crippen LogP contribution in [0, 0.1) is 11.6 Å². The Hall–Kier alpha value is -1.04. The molecule has 0 fully saturated rings. The first-order chi connectivity index (χ1) is 8.99. The molecule has 3 nitrogen and oxygen atoms in total. The monoisotopic (exact) mass is 273 g/mol. The Kier molecular flexibility index (Phi) is 6.34. The average molecular weight is 273 g/mol. The molecule has 0 saturated heterocycles. The third-order valence-corrected chi connectivity index (χ3v) is 3.12. The summed E-state index contributed by atoms with van der Waals surface area (Å²) in [4.78, 5) is 0. The lowest BCUT2D eigenvalue weighted by Crippen LogP contribution is -2.42. The van der Waals surface area contributed by atoms with E-state index < -0.39 is 17.7 Å². The van der Waals surface area contributed by atoms with Crippen LogP contribution >= 0.6 is 0 Å². The van der Waals surface area contributed by atoms with Crippen molar-refractivity contribution in [2.24, 2.45) is 0 Å². The second-order valence-corrected chi connectivity index (χ2v) is 4.63. The van der Waals surface area contributed by atoms with Crippen LogP contribution in [0.3, 0.4) is 0 Å². The van der Waals surface area contributed by atoms with E-state index in [2.05, 4.69) is 5.32 Å². The van der Waals surface area contributed by atoms with Gasteiger partial charge >= 0.3 is 0 Å². The molecule has 2 N–H and O–H groups in total. The van der Waals surface area contributed by atoms with E-state index in [9.17, 15) is 13.9 Å². The van der Waals surface area contributed by atoms with Crippen molar-refractivity contribution in [1.82, 2.24) is 5.32 Å². The first-order valence-corrected chi connectivity index (χ1v) is 6.37. The molecule has 0 aliphatic carbocycles. The molecule has 19 heavy (non-hydrogen) atoms. The number of ether oxygens (including phenoxy) is 1. The van der Waals surface area contributed by atoms with Crippen molar-refractivity contribution < 1.29 is 18.6 Å². The minimum atomic E-state index is -0.951. The van der Waals surface area contributed by atoms with Crippen LogP contribution in [0.5, 0.6) is 0 Å². The Bertz CT molecular complexity index is 401. The molecule has 0 bridgehead atoms. The molecule has 1 aromatic rings. The zero-order chi connectivity index (χ0) is 14.4. The number of nitrogens with one attached hydrogen (secondary N) is 1. The molecule has 0 radical (unpaired) electrons. The molecule has 3 atom stereocenters. The third kappa shape index (κ3) is 4.53. The van der Waals surface area contributed by atoms with Gasteiger partial charge in [0.1, 0.15) is 0 Å². The normalized spacial score (nSPS) is 16.1. The highest BCUT2D eigenvalue weighted by Gasteiger charge is 2.20. The molecule has 1 aromatic carbocycles. The maximum atomic E-state index is 13.1. The standard InChI is InChI=1S/C14H21F2NO2/c1-4-11(8-19-3)17-9(2)14(18)10-5-6-12(15)13(16)7-10/h5-7,9,11,14,17-18H,4,8H2,1-3H3. The zero-order valence-corrected chi connectivity index (χ0v) is 11.5. The number of aliphatic hydroxyl groups excluding tert-OH is 1. The first-order valence-electron chi connectivity index (χ1n) is 6.37. The van der Waals surface area contributed by atoms with Gasteiger partial charge in [0, 0.05) is 19.2 Å². The summed E-state index contributed by atoms with van der Waals surface area (Å²) in [6.07, 6.45) is -0.0520. The van der Waals surface area contributed by atoms with Crippen LogP contribution in [0.25, 0.3) is 0 Å². The molecule has 5 heteroatoms. The van der Waals surface area contributed by atoms with Crippen LogP contribution in [0.15, 0.2) is 18.2 Å². The van der Waals surface area contributed by atoms with Crippen molar-refractivity contribution in [2.75, 3.05) is 13.7 Å². The number of rotatable bonds is 7. The molecule has 0 aliphatic rings. The Morgan fingerprint density at radius 2 is 2.00 bits per heavy atom. The minimum absolute atomic E-state index is 0.111. The zero-order valence-electron chi connectivity index (χ0n) is 11.5. The highest BCUT2D eigenvalue weighted by molar-refractivity contribution is 5.21. The maximum Gasteiger partial charge on any atom is 0.159 e. The Morgan fingerprint density at radius 3 is 2.53 bits per heavy atom. The van der Waals surface area contributed by atoms with Crippen LogP contribution in [-0.4, -0.2) is 30.9 Å². The van der Waals surface area contributed by atoms with E-state index in [0.717, 1.165) is 18.6 Å². The Morgan fingerprint density at radius 1 is 1.32 bits per heavy atom. The van der Waals surface area contributed by atoms with Crippen molar-refractivity contribution in [3.05, 3.63) is 35.4 Å². The van der Waals surface area contributed by atoms with Gasteiger partial charge in [-0.2, -0.15) is 0 Å². The SMILES string of the molecule is CCC(COC)NC(C)C(O)c1ccc(F)c(F)c1. The molecule has 0 amide bonds. The van der Waals surface area contributed by atoms with Crippen LogP contribution < -0.4 is 5.32 Å². The fraction of sp³-hybridized carbons (Fsp3) is 0.571. The predicted octanol–water partition coefficient (Wildman–Crippen LogP) is 2.40. The van der Waals surface area contributed by atoms with E-state index in [1.807, 2.05) is 6.92 Å². The number of hydrogen-bond donors (Lipinski definition) is 2. The summed E-state index contributed by atoms with van der Waals surface area (Å²) in [5, 5.41) is 13.3. The topological polar surface area (TPSA) is 41.5 Å². The maximum absolute atomic E-state index is 13.1. The lowest BCUT2D eigenvalue weighted by atomic mass is 10.0. The number of benzene rings is 1. The third-order valence-electron chi connectivity index (χ3n) is 3.12. The van der Waals surface area contributed by atoms with E-state index in [1.54, 1.807) is 14.0 Å². The van der Waals surface area contributed by atoms with E-state index >= 15 is 0 Å². The lowest BCUT2D eigenvalue weighted by molar-refractivity contribution is 0.107. The van der Waals surface area contributed by atoms with Gasteiger partial charge in [0.2, 0.25) is 0 Å². The Labute approximate surface area is 112 Å². The molecule has 3 unspecified atom stereocenters. The molecule has 1 rings (SSSR count). The highest BCUT2D eigenvalue weighted by atomic mass is 19.2. The quantitative estimate of drug-likeness (QED) is 0.801. The summed E-state index contributed by atoms with van der Waals surface area (Å²) in [7, 11) is 1.61. The number of aliphatic hydroxyl groups is 1. The molecule has 108 valence electrons. The van der Waals surface area contributed by atoms with Crippen molar-refractivity contribution in [3.63, 3.8) is 0 Å². The largest absolute Gasteiger partial charge is 0.387 e. The van der Waals surface area contributed by atoms with E-state index in [-0.39, 0.29) is 12.1 Å². The average Bonchev–Trinajstić information content (AvgIpc) is 2.40. The minimum Gasteiger partial charge on any atom is -0.387 e. The second-order valence-electron chi connectivity index (χ2n) is 4.63. The van der Waals surface area contributed by atoms with Gasteiger partial charge in [0.05, 0.1) is 12.7 Å². The summed E-state index contributed by atoms with van der Waals surface area (Å²) in [6.45, 7) is 4.34. The molecular formula is C14H21F2NO2. The van der Waals surface area contributed by atoms with E-state index in [0.29, 0.717) is 12.2 Å². The molecule has 0 heterocycles. The van der Waals surface area contributed by atoms with Gasteiger partial charge in [0.25, 0.3) is 0 Å². The molecule has 0 aromatic heterocycles. The molecular weight excluding hydrogens is 252 g/mol. The van der Waals surface area contributed by atoms with Crippen molar-refractivity contribution >= 4 is 0 Å². The van der Waals surface area contributed by atoms with Gasteiger partial charge in [0.15, 0.2) is 11.6 Å². The van der Waals surface area contributed by atoms with Crippen LogP contribution in [0.2, 0.25) is 0 Å². The summed E-state index contributed by atoms with van der Waals surface area (Å²) in [6, 6.07) is 3.26. The number of hydrogen-bond acceptors (Lipinski definition) is 3. The van der Waals surface area contributed by atoms with Crippen molar-refractivity contribution in [3.8, 4) is 0 Å². The molecule has 0 aliphatic heterocycles. The molecule has 0 spiro atoms. The molecule has 0 saturated carbocycles. The van der Waals surface area contributed by atoms with Gasteiger partial charge in [-0.1, -0.05) is 13.0 Å². The highest BCUT2D eigenvalue weighted by Crippen LogP contribution is 2.19.